The molecular formula is C24H27F2KN6O5-2. The van der Waals surface area contributed by atoms with Crippen molar-refractivity contribution in [1.82, 2.24) is 20.0 Å². The first kappa shape index (κ1) is 35.0. The van der Waals surface area contributed by atoms with Crippen molar-refractivity contribution in [2.24, 2.45) is 13.0 Å². The van der Waals surface area contributed by atoms with Gasteiger partial charge in [0.05, 0.1) is 25.9 Å². The molecule has 1 aliphatic rings. The molecule has 1 saturated carbocycles. The van der Waals surface area contributed by atoms with E-state index >= 15 is 0 Å². The second kappa shape index (κ2) is 17.5. The smallest absolute Gasteiger partial charge is 1.00 e. The fourth-order valence-corrected chi connectivity index (χ4v) is 3.14. The van der Waals surface area contributed by atoms with Gasteiger partial charge in [-0.3, -0.25) is 14.6 Å². The van der Waals surface area contributed by atoms with Crippen molar-refractivity contribution >= 4 is 40.6 Å². The Bertz CT molecular complexity index is 1260. The number of halogens is 2. The molecule has 14 heteroatoms. The summed E-state index contributed by atoms with van der Waals surface area (Å²) in [5.74, 6) is 3.26. The van der Waals surface area contributed by atoms with E-state index in [1.165, 1.54) is 0 Å². The van der Waals surface area contributed by atoms with Gasteiger partial charge in [-0.25, -0.2) is 0 Å². The summed E-state index contributed by atoms with van der Waals surface area (Å²) in [6, 6.07) is 15.3. The molecule has 4 aromatic rings. The topological polar surface area (TPSA) is 143 Å². The zero-order chi connectivity index (χ0) is 25.2. The van der Waals surface area contributed by atoms with E-state index in [0.29, 0.717) is 18.0 Å². The number of fused-ring (bicyclic) bond motifs is 1. The van der Waals surface area contributed by atoms with Crippen molar-refractivity contribution in [2.75, 3.05) is 24.9 Å². The van der Waals surface area contributed by atoms with E-state index in [9.17, 15) is 4.79 Å². The molecule has 0 bridgehead atoms. The summed E-state index contributed by atoms with van der Waals surface area (Å²) in [5, 5.41) is 25.3. The molecule has 2 aromatic heterocycles. The summed E-state index contributed by atoms with van der Waals surface area (Å²) in [7, 11) is 5.08. The third-order valence-electron chi connectivity index (χ3n) is 5.03. The average molecular weight is 557 g/mol. The number of nitrogens with zero attached hydrogens (tertiary/aromatic N) is 3. The number of aromatic amines is 1. The zero-order valence-corrected chi connectivity index (χ0v) is 24.5. The minimum Gasteiger partial charge on any atom is -1.00 e. The van der Waals surface area contributed by atoms with Gasteiger partial charge >= 0.3 is 51.4 Å². The van der Waals surface area contributed by atoms with Crippen molar-refractivity contribution in [3.63, 3.8) is 0 Å². The number of H-pyrrole nitrogens is 1. The molecule has 1 fully saturated rings. The van der Waals surface area contributed by atoms with Gasteiger partial charge in [0.25, 0.3) is 0 Å². The van der Waals surface area contributed by atoms with Crippen LogP contribution in [0.5, 0.6) is 11.5 Å². The number of hydrogen-bond acceptors (Lipinski definition) is 7. The number of ether oxygens (including phenoxy) is 2. The summed E-state index contributed by atoms with van der Waals surface area (Å²) >= 11 is 0. The van der Waals surface area contributed by atoms with Gasteiger partial charge in [0.1, 0.15) is 5.75 Å². The van der Waals surface area contributed by atoms with Gasteiger partial charge in [0.15, 0.2) is 17.4 Å². The van der Waals surface area contributed by atoms with Gasteiger partial charge in [-0.05, 0) is 49.2 Å². The molecule has 11 nitrogen and oxygen atoms in total. The number of carbonyl (C=O) groups is 1. The number of nitrogens with one attached hydrogen (secondary N) is 3. The number of anilines is 3. The van der Waals surface area contributed by atoms with Crippen LogP contribution in [0.3, 0.4) is 0 Å². The largest absolute Gasteiger partial charge is 1.00 e. The van der Waals surface area contributed by atoms with Crippen LogP contribution in [0.1, 0.15) is 12.8 Å². The predicted octanol–water partition coefficient (Wildman–Crippen LogP) is -5.28. The molecule has 5 rings (SSSR count). The first-order valence-corrected chi connectivity index (χ1v) is 10.7. The van der Waals surface area contributed by atoms with E-state index in [2.05, 4.69) is 25.9 Å². The summed E-state index contributed by atoms with van der Waals surface area (Å²) < 4.78 is 12.0. The molecule has 0 aliphatic heterocycles. The molecule has 200 valence electrons. The Morgan fingerprint density at radius 3 is 2.29 bits per heavy atom. The van der Waals surface area contributed by atoms with E-state index in [1.54, 1.807) is 25.1 Å². The van der Waals surface area contributed by atoms with Crippen molar-refractivity contribution < 1.29 is 85.0 Å². The fraction of sp³-hybridized carbons (Fsp3) is 0.250. The number of rotatable bonds is 6. The van der Waals surface area contributed by atoms with Crippen molar-refractivity contribution in [3.05, 3.63) is 54.7 Å². The Balaban J connectivity index is 0.000000622. The van der Waals surface area contributed by atoms with Crippen LogP contribution in [0.15, 0.2) is 54.7 Å². The maximum absolute atomic E-state index is 11.4. The van der Waals surface area contributed by atoms with Crippen LogP contribution >= 0.6 is 0 Å². The summed E-state index contributed by atoms with van der Waals surface area (Å²) in [6.07, 6.45) is 3.86. The number of para-hydroxylation sites is 1. The Morgan fingerprint density at radius 1 is 1.08 bits per heavy atom. The number of benzene rings is 2. The molecule has 38 heavy (non-hydrogen) atoms. The van der Waals surface area contributed by atoms with Crippen LogP contribution in [0.2, 0.25) is 0 Å². The molecule has 1 amide bonds. The molecule has 2 heterocycles. The van der Waals surface area contributed by atoms with E-state index in [4.69, 9.17) is 19.4 Å². The number of aromatic nitrogens is 4. The molecule has 4 N–H and O–H groups in total. The van der Waals surface area contributed by atoms with E-state index in [0.717, 1.165) is 41.0 Å². The Hall–Kier alpha value is -3.04. The minimum absolute atomic E-state index is 0. The van der Waals surface area contributed by atoms with Crippen molar-refractivity contribution in [2.45, 2.75) is 12.8 Å². The number of carbonyl (C=O) groups excluding carboxylic acids is 1. The third-order valence-corrected chi connectivity index (χ3v) is 5.03. The van der Waals surface area contributed by atoms with Crippen molar-refractivity contribution in [1.29, 1.82) is 0 Å². The van der Waals surface area contributed by atoms with Gasteiger partial charge < -0.3 is 39.4 Å². The van der Waals surface area contributed by atoms with Crippen LogP contribution in [0.25, 0.3) is 10.9 Å². The molecular weight excluding hydrogens is 529 g/mol. The maximum atomic E-state index is 11.4. The van der Waals surface area contributed by atoms with Gasteiger partial charge in [-0.15, -0.1) is 0 Å². The van der Waals surface area contributed by atoms with Crippen molar-refractivity contribution in [3.8, 4) is 11.5 Å². The number of aliphatic hydroxyl groups excluding tert-OH is 1. The second-order valence-electron chi connectivity index (χ2n) is 7.55. The molecule has 0 saturated heterocycles. The third kappa shape index (κ3) is 10.0. The number of aryl methyl sites for hydroxylation is 1. The second-order valence-corrected chi connectivity index (χ2v) is 7.55. The predicted molar refractivity (Wildman–Crippen MR) is 132 cm³/mol. The van der Waals surface area contributed by atoms with E-state index < -0.39 is 0 Å². The van der Waals surface area contributed by atoms with E-state index in [-0.39, 0.29) is 72.6 Å². The van der Waals surface area contributed by atoms with Crippen LogP contribution in [-0.2, 0) is 16.6 Å². The van der Waals surface area contributed by atoms with Gasteiger partial charge in [0.2, 0.25) is 5.91 Å². The van der Waals surface area contributed by atoms with Gasteiger partial charge in [-0.2, -0.15) is 10.2 Å². The molecule has 2 aromatic carbocycles. The fourth-order valence-electron chi connectivity index (χ4n) is 3.14. The first-order valence-electron chi connectivity index (χ1n) is 10.7. The standard InChI is InChI=1S/C12H13N5O.C11H13NO2.CHO2.2FH.K/c1-17-7-10(18-2)12(16-17)13-11-8-5-3-4-6-9(8)14-15-11;1-14-10-6-4-9(5-7-10)12-11(13)8-2-3-8;2-1-3;;;/h3-7H,1-2H3,(H2,13,14,15,16);4-8H,2-3H2,1H3,(H,12,13);(H,2,3);2*1H;/q;;-1;;;+1/p-2. The molecule has 1 aliphatic carbocycles. The molecule has 0 spiro atoms. The van der Waals surface area contributed by atoms with Gasteiger partial charge in [-0.1, -0.05) is 18.6 Å². The number of methoxy groups -OCH3 is 2. The summed E-state index contributed by atoms with van der Waals surface area (Å²) in [6.45, 7) is 0.500. The summed E-state index contributed by atoms with van der Waals surface area (Å²) in [5.41, 5.74) is 1.82. The Labute approximate surface area is 260 Å². The monoisotopic (exact) mass is 556 g/mol. The van der Waals surface area contributed by atoms with Gasteiger partial charge in [0, 0.05) is 24.0 Å². The molecule has 0 unspecified atom stereocenters. The number of amides is 1. The Morgan fingerprint density at radius 2 is 1.71 bits per heavy atom. The number of hydrogen-bond donors (Lipinski definition) is 4. The molecule has 0 radical (unpaired) electrons. The quantitative estimate of drug-likeness (QED) is 0.136. The van der Waals surface area contributed by atoms with Crippen LogP contribution in [-0.4, -0.2) is 51.7 Å². The molecule has 0 atom stereocenters. The minimum atomic E-state index is 0. The van der Waals surface area contributed by atoms with E-state index in [1.807, 2.05) is 55.6 Å². The zero-order valence-electron chi connectivity index (χ0n) is 21.4. The summed E-state index contributed by atoms with van der Waals surface area (Å²) in [4.78, 5) is 19.6. The van der Waals surface area contributed by atoms with Crippen LogP contribution in [0.4, 0.5) is 17.3 Å². The first-order chi connectivity index (χ1) is 17.0. The maximum Gasteiger partial charge on any atom is 1.00 e. The van der Waals surface area contributed by atoms with Crippen LogP contribution in [0, 0.1) is 5.92 Å². The normalized spacial score (nSPS) is 10.9. The Kier molecular flexibility index (Phi) is 16.1. The SMILES string of the molecule is COc1ccc(NC(=O)C2CC2)cc1.COc1cn(C)nc1Nc1n[nH]c2ccccc12.O=[C-]O.[F-].[F-].[K+]. The average Bonchev–Trinajstić information content (AvgIpc) is 3.56. The van der Waals surface area contributed by atoms with Crippen LogP contribution < -0.4 is 80.9 Å².